The first-order valence-corrected chi connectivity index (χ1v) is 7.56. The predicted octanol–water partition coefficient (Wildman–Crippen LogP) is 2.88. The van der Waals surface area contributed by atoms with E-state index in [1.165, 1.54) is 0 Å². The Balaban J connectivity index is 2.90. The minimum Gasteiger partial charge on any atom is -0.396 e. The number of anilines is 2. The van der Waals surface area contributed by atoms with E-state index in [4.69, 9.17) is 10.8 Å². The third-order valence-electron chi connectivity index (χ3n) is 3.60. The zero-order chi connectivity index (χ0) is 16.3. The van der Waals surface area contributed by atoms with Crippen LogP contribution in [0.4, 0.5) is 11.6 Å². The SMILES string of the molecule is Cc1c(N)nc(C(C)(C)C)nc1NCC(C)(C)CCCO. The van der Waals surface area contributed by atoms with Crippen molar-refractivity contribution in [1.82, 2.24) is 9.97 Å². The van der Waals surface area contributed by atoms with Crippen LogP contribution in [0.3, 0.4) is 0 Å². The van der Waals surface area contributed by atoms with Crippen molar-refractivity contribution >= 4 is 11.6 Å². The van der Waals surface area contributed by atoms with Gasteiger partial charge >= 0.3 is 0 Å². The maximum absolute atomic E-state index is 8.96. The van der Waals surface area contributed by atoms with Crippen LogP contribution in [0.5, 0.6) is 0 Å². The van der Waals surface area contributed by atoms with Crippen LogP contribution in [0.1, 0.15) is 58.8 Å². The second kappa shape index (κ2) is 6.60. The van der Waals surface area contributed by atoms with Gasteiger partial charge in [0.05, 0.1) is 0 Å². The van der Waals surface area contributed by atoms with Gasteiger partial charge in [0.25, 0.3) is 0 Å². The lowest BCUT2D eigenvalue weighted by Crippen LogP contribution is -2.26. The van der Waals surface area contributed by atoms with Crippen molar-refractivity contribution in [3.05, 3.63) is 11.4 Å². The average molecular weight is 294 g/mol. The van der Waals surface area contributed by atoms with E-state index in [-0.39, 0.29) is 17.4 Å². The number of hydrogen-bond donors (Lipinski definition) is 3. The highest BCUT2D eigenvalue weighted by Crippen LogP contribution is 2.27. The Kier molecular flexibility index (Phi) is 5.56. The summed E-state index contributed by atoms with van der Waals surface area (Å²) in [6.45, 7) is 13.5. The van der Waals surface area contributed by atoms with E-state index in [9.17, 15) is 0 Å². The van der Waals surface area contributed by atoms with Gasteiger partial charge in [0.15, 0.2) is 0 Å². The first-order chi connectivity index (χ1) is 9.57. The number of aromatic nitrogens is 2. The number of aliphatic hydroxyl groups is 1. The standard InChI is InChI=1S/C16H30N4O/c1-11-12(17)19-14(15(2,3)4)20-13(11)18-10-16(5,6)8-7-9-21/h21H,7-10H2,1-6H3,(H3,17,18,19,20). The molecular formula is C16H30N4O. The highest BCUT2D eigenvalue weighted by molar-refractivity contribution is 5.55. The van der Waals surface area contributed by atoms with Crippen molar-refractivity contribution in [2.75, 3.05) is 24.2 Å². The molecule has 5 heteroatoms. The minimum atomic E-state index is -0.134. The Labute approximate surface area is 128 Å². The van der Waals surface area contributed by atoms with Crippen molar-refractivity contribution in [3.63, 3.8) is 0 Å². The van der Waals surface area contributed by atoms with Crippen LogP contribution >= 0.6 is 0 Å². The lowest BCUT2D eigenvalue weighted by Gasteiger charge is -2.26. The number of nitrogens with one attached hydrogen (secondary N) is 1. The van der Waals surface area contributed by atoms with Gasteiger partial charge < -0.3 is 16.2 Å². The molecule has 0 atom stereocenters. The molecular weight excluding hydrogens is 264 g/mol. The van der Waals surface area contributed by atoms with Crippen LogP contribution in [-0.4, -0.2) is 28.2 Å². The van der Waals surface area contributed by atoms with Crippen molar-refractivity contribution in [2.45, 2.75) is 59.8 Å². The summed E-state index contributed by atoms with van der Waals surface area (Å²) in [4.78, 5) is 9.03. The molecule has 1 aromatic heterocycles. The highest BCUT2D eigenvalue weighted by atomic mass is 16.2. The van der Waals surface area contributed by atoms with Crippen LogP contribution in [0.2, 0.25) is 0 Å². The zero-order valence-corrected chi connectivity index (χ0v) is 14.2. The Morgan fingerprint density at radius 2 is 1.76 bits per heavy atom. The summed E-state index contributed by atoms with van der Waals surface area (Å²) in [6.07, 6.45) is 1.77. The van der Waals surface area contributed by atoms with E-state index in [1.807, 2.05) is 6.92 Å². The van der Waals surface area contributed by atoms with E-state index in [2.05, 4.69) is 49.9 Å². The van der Waals surface area contributed by atoms with Gasteiger partial charge in [-0.3, -0.25) is 0 Å². The van der Waals surface area contributed by atoms with Gasteiger partial charge in [-0.05, 0) is 25.2 Å². The Morgan fingerprint density at radius 3 is 2.29 bits per heavy atom. The molecule has 0 saturated carbocycles. The number of aliphatic hydroxyl groups excluding tert-OH is 1. The summed E-state index contributed by atoms with van der Waals surface area (Å²) in [5.41, 5.74) is 6.86. The summed E-state index contributed by atoms with van der Waals surface area (Å²) in [5, 5.41) is 12.4. The number of nitrogens with zero attached hydrogens (tertiary/aromatic N) is 2. The molecule has 0 aromatic carbocycles. The second-order valence-electron chi connectivity index (χ2n) is 7.50. The van der Waals surface area contributed by atoms with Crippen molar-refractivity contribution < 1.29 is 5.11 Å². The fraction of sp³-hybridized carbons (Fsp3) is 0.750. The summed E-state index contributed by atoms with van der Waals surface area (Å²) >= 11 is 0. The van der Waals surface area contributed by atoms with Crippen LogP contribution in [0, 0.1) is 12.3 Å². The molecule has 0 aliphatic heterocycles. The molecule has 5 nitrogen and oxygen atoms in total. The van der Waals surface area contributed by atoms with Crippen molar-refractivity contribution in [1.29, 1.82) is 0 Å². The smallest absolute Gasteiger partial charge is 0.138 e. The van der Waals surface area contributed by atoms with Crippen molar-refractivity contribution in [2.24, 2.45) is 5.41 Å². The molecule has 0 spiro atoms. The molecule has 0 aliphatic rings. The monoisotopic (exact) mass is 294 g/mol. The molecule has 4 N–H and O–H groups in total. The van der Waals surface area contributed by atoms with Gasteiger partial charge in [-0.2, -0.15) is 0 Å². The van der Waals surface area contributed by atoms with E-state index in [0.29, 0.717) is 5.82 Å². The number of hydrogen-bond acceptors (Lipinski definition) is 5. The van der Waals surface area contributed by atoms with Gasteiger partial charge in [-0.25, -0.2) is 9.97 Å². The molecule has 0 bridgehead atoms. The van der Waals surface area contributed by atoms with Gasteiger partial charge in [-0.15, -0.1) is 0 Å². The molecule has 21 heavy (non-hydrogen) atoms. The quantitative estimate of drug-likeness (QED) is 0.751. The van der Waals surface area contributed by atoms with Crippen LogP contribution in [0.15, 0.2) is 0 Å². The molecule has 1 rings (SSSR count). The Hall–Kier alpha value is -1.36. The summed E-state index contributed by atoms with van der Waals surface area (Å²) in [6, 6.07) is 0. The number of rotatable bonds is 6. The minimum absolute atomic E-state index is 0.0940. The van der Waals surface area contributed by atoms with Crippen LogP contribution < -0.4 is 11.1 Å². The van der Waals surface area contributed by atoms with Crippen molar-refractivity contribution in [3.8, 4) is 0 Å². The lowest BCUT2D eigenvalue weighted by atomic mass is 9.88. The second-order valence-corrected chi connectivity index (χ2v) is 7.50. The first kappa shape index (κ1) is 17.7. The Morgan fingerprint density at radius 1 is 1.14 bits per heavy atom. The largest absolute Gasteiger partial charge is 0.396 e. The molecule has 0 unspecified atom stereocenters. The maximum Gasteiger partial charge on any atom is 0.138 e. The van der Waals surface area contributed by atoms with E-state index in [0.717, 1.165) is 36.6 Å². The number of nitrogens with two attached hydrogens (primary N) is 1. The van der Waals surface area contributed by atoms with E-state index in [1.54, 1.807) is 0 Å². The molecule has 1 aromatic rings. The topological polar surface area (TPSA) is 84.1 Å². The van der Waals surface area contributed by atoms with E-state index < -0.39 is 0 Å². The summed E-state index contributed by atoms with van der Waals surface area (Å²) in [7, 11) is 0. The average Bonchev–Trinajstić information content (AvgIpc) is 2.37. The normalized spacial score (nSPS) is 12.5. The molecule has 0 radical (unpaired) electrons. The van der Waals surface area contributed by atoms with Gasteiger partial charge in [0.2, 0.25) is 0 Å². The zero-order valence-electron chi connectivity index (χ0n) is 14.2. The molecule has 0 amide bonds. The third kappa shape index (κ3) is 5.16. The molecule has 0 aliphatic carbocycles. The molecule has 120 valence electrons. The van der Waals surface area contributed by atoms with Crippen LogP contribution in [-0.2, 0) is 5.41 Å². The fourth-order valence-corrected chi connectivity index (χ4v) is 2.01. The predicted molar refractivity (Wildman–Crippen MR) is 88.5 cm³/mol. The third-order valence-corrected chi connectivity index (χ3v) is 3.60. The molecule has 0 fully saturated rings. The van der Waals surface area contributed by atoms with Gasteiger partial charge in [0.1, 0.15) is 17.5 Å². The Bertz CT molecular complexity index is 478. The van der Waals surface area contributed by atoms with Gasteiger partial charge in [0, 0.05) is 24.1 Å². The fourth-order valence-electron chi connectivity index (χ4n) is 2.01. The summed E-state index contributed by atoms with van der Waals surface area (Å²) < 4.78 is 0. The molecule has 1 heterocycles. The van der Waals surface area contributed by atoms with E-state index >= 15 is 0 Å². The maximum atomic E-state index is 8.96. The summed E-state index contributed by atoms with van der Waals surface area (Å²) in [5.74, 6) is 2.09. The molecule has 0 saturated heterocycles. The first-order valence-electron chi connectivity index (χ1n) is 7.56. The lowest BCUT2D eigenvalue weighted by molar-refractivity contribution is 0.248. The number of nitrogen functional groups attached to an aromatic ring is 1. The van der Waals surface area contributed by atoms with Crippen LogP contribution in [0.25, 0.3) is 0 Å². The highest BCUT2D eigenvalue weighted by Gasteiger charge is 2.22. The van der Waals surface area contributed by atoms with Gasteiger partial charge in [-0.1, -0.05) is 34.6 Å².